The molecule has 0 aliphatic rings. The topological polar surface area (TPSA) is 12.0 Å². The second-order valence-electron chi connectivity index (χ2n) is 4.00. The van der Waals surface area contributed by atoms with Crippen molar-refractivity contribution in [3.8, 4) is 0 Å². The molecular formula is C15H18NP. The Morgan fingerprint density at radius 3 is 2.12 bits per heavy atom. The summed E-state index contributed by atoms with van der Waals surface area (Å²) in [5.74, 6) is 0.469. The summed E-state index contributed by atoms with van der Waals surface area (Å²) in [7, 11) is 0.867. The Morgan fingerprint density at radius 1 is 0.941 bits per heavy atom. The van der Waals surface area contributed by atoms with Crippen molar-refractivity contribution >= 4 is 8.58 Å². The first-order valence-corrected chi connectivity index (χ1v) is 7.47. The lowest BCUT2D eigenvalue weighted by Crippen LogP contribution is -2.17. The normalized spacial score (nSPS) is 13.0. The van der Waals surface area contributed by atoms with Crippen molar-refractivity contribution in [2.45, 2.75) is 12.3 Å². The second kappa shape index (κ2) is 6.54. The molecule has 2 heteroatoms. The van der Waals surface area contributed by atoms with E-state index in [2.05, 4.69) is 72.6 Å². The number of hydrogen-bond acceptors (Lipinski definition) is 1. The molecule has 0 saturated carbocycles. The van der Waals surface area contributed by atoms with Crippen LogP contribution >= 0.6 is 8.58 Å². The SMILES string of the molecule is CPC(NCc1ccccc1)c1ccccc1. The lowest BCUT2D eigenvalue weighted by Gasteiger charge is -2.17. The molecule has 0 amide bonds. The Labute approximate surface area is 105 Å². The van der Waals surface area contributed by atoms with Gasteiger partial charge in [-0.05, 0) is 17.8 Å². The zero-order valence-corrected chi connectivity index (χ0v) is 11.1. The van der Waals surface area contributed by atoms with Gasteiger partial charge in [-0.3, -0.25) is 0 Å². The van der Waals surface area contributed by atoms with Crippen molar-refractivity contribution < 1.29 is 0 Å². The summed E-state index contributed by atoms with van der Waals surface area (Å²) in [6.07, 6.45) is 0. The van der Waals surface area contributed by atoms with Crippen LogP contribution in [0.15, 0.2) is 60.7 Å². The van der Waals surface area contributed by atoms with Crippen LogP contribution in [0.2, 0.25) is 0 Å². The number of rotatable bonds is 5. The van der Waals surface area contributed by atoms with Crippen molar-refractivity contribution in [2.75, 3.05) is 6.66 Å². The van der Waals surface area contributed by atoms with Crippen molar-refractivity contribution in [3.05, 3.63) is 71.8 Å². The van der Waals surface area contributed by atoms with Crippen LogP contribution in [0, 0.1) is 0 Å². The molecule has 0 bridgehead atoms. The highest BCUT2D eigenvalue weighted by Crippen LogP contribution is 2.28. The third-order valence-electron chi connectivity index (χ3n) is 2.77. The van der Waals surface area contributed by atoms with E-state index in [1.54, 1.807) is 0 Å². The minimum absolute atomic E-state index is 0.469. The standard InChI is InChI=1S/C15H18NP/c1-17-15(14-10-6-3-7-11-14)16-12-13-8-4-2-5-9-13/h2-11,15-17H,12H2,1H3. The van der Waals surface area contributed by atoms with E-state index in [-0.39, 0.29) is 0 Å². The third kappa shape index (κ3) is 3.66. The fourth-order valence-corrected chi connectivity index (χ4v) is 2.68. The van der Waals surface area contributed by atoms with E-state index in [1.165, 1.54) is 11.1 Å². The van der Waals surface area contributed by atoms with Crippen LogP contribution in [0.5, 0.6) is 0 Å². The van der Waals surface area contributed by atoms with Gasteiger partial charge in [0.25, 0.3) is 0 Å². The van der Waals surface area contributed by atoms with Gasteiger partial charge in [-0.2, -0.15) is 0 Å². The van der Waals surface area contributed by atoms with Gasteiger partial charge in [-0.25, -0.2) is 0 Å². The van der Waals surface area contributed by atoms with Gasteiger partial charge < -0.3 is 5.32 Å². The van der Waals surface area contributed by atoms with Crippen LogP contribution in [0.1, 0.15) is 16.9 Å². The quantitative estimate of drug-likeness (QED) is 0.788. The van der Waals surface area contributed by atoms with Gasteiger partial charge in [0.2, 0.25) is 0 Å². The van der Waals surface area contributed by atoms with Gasteiger partial charge >= 0.3 is 0 Å². The van der Waals surface area contributed by atoms with Crippen LogP contribution in [0.3, 0.4) is 0 Å². The fourth-order valence-electron chi connectivity index (χ4n) is 1.85. The Morgan fingerprint density at radius 2 is 1.53 bits per heavy atom. The summed E-state index contributed by atoms with van der Waals surface area (Å²) in [5, 5.41) is 3.61. The molecule has 2 unspecified atom stereocenters. The van der Waals surface area contributed by atoms with Crippen LogP contribution in [-0.4, -0.2) is 6.66 Å². The van der Waals surface area contributed by atoms with Crippen LogP contribution in [0.25, 0.3) is 0 Å². The fraction of sp³-hybridized carbons (Fsp3) is 0.200. The van der Waals surface area contributed by atoms with Gasteiger partial charge in [0, 0.05) is 12.3 Å². The van der Waals surface area contributed by atoms with E-state index in [0.717, 1.165) is 15.1 Å². The van der Waals surface area contributed by atoms with Gasteiger partial charge in [-0.1, -0.05) is 60.7 Å². The molecule has 2 atom stereocenters. The molecule has 0 aliphatic carbocycles. The molecule has 1 nitrogen and oxygen atoms in total. The maximum atomic E-state index is 3.61. The monoisotopic (exact) mass is 243 g/mol. The molecule has 0 fully saturated rings. The van der Waals surface area contributed by atoms with E-state index in [0.29, 0.717) is 5.78 Å². The molecule has 2 rings (SSSR count). The largest absolute Gasteiger partial charge is 0.303 e. The Hall–Kier alpha value is -1.17. The van der Waals surface area contributed by atoms with E-state index >= 15 is 0 Å². The summed E-state index contributed by atoms with van der Waals surface area (Å²) < 4.78 is 0. The number of nitrogens with one attached hydrogen (secondary N) is 1. The van der Waals surface area contributed by atoms with E-state index in [9.17, 15) is 0 Å². The van der Waals surface area contributed by atoms with E-state index < -0.39 is 0 Å². The van der Waals surface area contributed by atoms with Crippen LogP contribution < -0.4 is 5.32 Å². The van der Waals surface area contributed by atoms with E-state index in [4.69, 9.17) is 0 Å². The van der Waals surface area contributed by atoms with Gasteiger partial charge in [0.1, 0.15) is 0 Å². The predicted octanol–water partition coefficient (Wildman–Crippen LogP) is 3.78. The molecule has 0 heterocycles. The first-order chi connectivity index (χ1) is 8.40. The molecule has 0 spiro atoms. The van der Waals surface area contributed by atoms with E-state index in [1.807, 2.05) is 0 Å². The molecule has 0 saturated heterocycles. The van der Waals surface area contributed by atoms with Gasteiger partial charge in [0.15, 0.2) is 0 Å². The summed E-state index contributed by atoms with van der Waals surface area (Å²) >= 11 is 0. The molecule has 2 aromatic rings. The van der Waals surface area contributed by atoms with Crippen molar-refractivity contribution in [1.29, 1.82) is 0 Å². The maximum Gasteiger partial charge on any atom is 0.0492 e. The molecule has 17 heavy (non-hydrogen) atoms. The number of hydrogen-bond donors (Lipinski definition) is 1. The highest BCUT2D eigenvalue weighted by atomic mass is 31.1. The lowest BCUT2D eigenvalue weighted by atomic mass is 10.2. The first-order valence-electron chi connectivity index (χ1n) is 5.89. The molecule has 2 aromatic carbocycles. The van der Waals surface area contributed by atoms with Crippen LogP contribution in [-0.2, 0) is 6.54 Å². The zero-order valence-electron chi connectivity index (χ0n) is 10.1. The zero-order chi connectivity index (χ0) is 11.9. The van der Waals surface area contributed by atoms with Gasteiger partial charge in [-0.15, -0.1) is 8.58 Å². The number of benzene rings is 2. The Bertz CT molecular complexity index is 427. The first kappa shape index (κ1) is 12.3. The predicted molar refractivity (Wildman–Crippen MR) is 76.7 cm³/mol. The highest BCUT2D eigenvalue weighted by molar-refractivity contribution is 7.37. The summed E-state index contributed by atoms with van der Waals surface area (Å²) in [6.45, 7) is 3.18. The van der Waals surface area contributed by atoms with Gasteiger partial charge in [0.05, 0.1) is 0 Å². The summed E-state index contributed by atoms with van der Waals surface area (Å²) in [5.41, 5.74) is 2.72. The molecule has 0 aromatic heterocycles. The van der Waals surface area contributed by atoms with Crippen molar-refractivity contribution in [2.24, 2.45) is 0 Å². The Balaban J connectivity index is 1.97. The smallest absolute Gasteiger partial charge is 0.0492 e. The maximum absolute atomic E-state index is 3.61. The molecular weight excluding hydrogens is 225 g/mol. The highest BCUT2D eigenvalue weighted by Gasteiger charge is 2.07. The molecule has 0 aliphatic heterocycles. The Kier molecular flexibility index (Phi) is 4.73. The molecule has 1 N–H and O–H groups in total. The average Bonchev–Trinajstić information content (AvgIpc) is 2.42. The minimum Gasteiger partial charge on any atom is -0.303 e. The second-order valence-corrected chi connectivity index (χ2v) is 5.15. The average molecular weight is 243 g/mol. The molecule has 0 radical (unpaired) electrons. The van der Waals surface area contributed by atoms with Crippen molar-refractivity contribution in [1.82, 2.24) is 5.32 Å². The lowest BCUT2D eigenvalue weighted by molar-refractivity contribution is 0.674. The third-order valence-corrected chi connectivity index (χ3v) is 3.89. The van der Waals surface area contributed by atoms with Crippen LogP contribution in [0.4, 0.5) is 0 Å². The summed E-state index contributed by atoms with van der Waals surface area (Å²) in [6, 6.07) is 21.2. The minimum atomic E-state index is 0.469. The van der Waals surface area contributed by atoms with Crippen molar-refractivity contribution in [3.63, 3.8) is 0 Å². The summed E-state index contributed by atoms with van der Waals surface area (Å²) in [4.78, 5) is 0. The molecule has 88 valence electrons.